The van der Waals surface area contributed by atoms with Crippen molar-refractivity contribution in [3.05, 3.63) is 37.6 Å². The van der Waals surface area contributed by atoms with E-state index in [9.17, 15) is 5.11 Å². The van der Waals surface area contributed by atoms with E-state index in [-0.39, 0.29) is 6.61 Å². The molecule has 0 aliphatic rings. The Morgan fingerprint density at radius 2 is 2.25 bits per heavy atom. The molecule has 0 aliphatic heterocycles. The lowest BCUT2D eigenvalue weighted by Gasteiger charge is -2.03. The van der Waals surface area contributed by atoms with E-state index in [2.05, 4.69) is 20.9 Å². The predicted molar refractivity (Wildman–Crippen MR) is 70.9 cm³/mol. The van der Waals surface area contributed by atoms with Gasteiger partial charge in [0.1, 0.15) is 0 Å². The van der Waals surface area contributed by atoms with Crippen LogP contribution in [0.5, 0.6) is 0 Å². The molecule has 5 heteroatoms. The van der Waals surface area contributed by atoms with Gasteiger partial charge in [-0.05, 0) is 34.5 Å². The first-order valence-electron chi connectivity index (χ1n) is 4.64. The Morgan fingerprint density at radius 3 is 2.88 bits per heavy atom. The highest BCUT2D eigenvalue weighted by Gasteiger charge is 2.13. The van der Waals surface area contributed by atoms with Crippen molar-refractivity contribution in [2.45, 2.75) is 13.5 Å². The minimum absolute atomic E-state index is 0.0250. The summed E-state index contributed by atoms with van der Waals surface area (Å²) in [6, 6.07) is 5.80. The van der Waals surface area contributed by atoms with Crippen LogP contribution in [0.15, 0.2) is 22.1 Å². The van der Waals surface area contributed by atoms with E-state index in [4.69, 9.17) is 11.6 Å². The van der Waals surface area contributed by atoms with Crippen molar-refractivity contribution in [2.75, 3.05) is 0 Å². The Bertz CT molecular complexity index is 527. The summed E-state index contributed by atoms with van der Waals surface area (Å²) in [7, 11) is 0. The molecule has 0 radical (unpaired) electrons. The van der Waals surface area contributed by atoms with Crippen LogP contribution in [0.25, 0.3) is 11.3 Å². The number of aromatic nitrogens is 1. The SMILES string of the molecule is Cc1ccc(-c2nc(Br)sc2CO)c(Cl)c1. The highest BCUT2D eigenvalue weighted by atomic mass is 79.9. The lowest BCUT2D eigenvalue weighted by molar-refractivity contribution is 0.286. The summed E-state index contributed by atoms with van der Waals surface area (Å²) in [5, 5.41) is 9.90. The molecule has 0 aliphatic carbocycles. The van der Waals surface area contributed by atoms with E-state index >= 15 is 0 Å². The maximum Gasteiger partial charge on any atom is 0.160 e. The standard InChI is InChI=1S/C11H9BrClNOS/c1-6-2-3-7(8(13)4-6)10-9(5-15)16-11(12)14-10/h2-4,15H,5H2,1H3. The summed E-state index contributed by atoms with van der Waals surface area (Å²) in [6.45, 7) is 1.96. The fourth-order valence-electron chi connectivity index (χ4n) is 1.45. The minimum Gasteiger partial charge on any atom is -0.391 e. The van der Waals surface area contributed by atoms with Gasteiger partial charge < -0.3 is 5.11 Å². The number of benzene rings is 1. The molecular weight excluding hydrogens is 310 g/mol. The van der Waals surface area contributed by atoms with Gasteiger partial charge in [0.25, 0.3) is 0 Å². The van der Waals surface area contributed by atoms with Crippen molar-refractivity contribution in [1.82, 2.24) is 4.98 Å². The number of hydrogen-bond donors (Lipinski definition) is 1. The zero-order valence-corrected chi connectivity index (χ0v) is 11.7. The lowest BCUT2D eigenvalue weighted by Crippen LogP contribution is -1.87. The van der Waals surface area contributed by atoms with E-state index in [1.807, 2.05) is 25.1 Å². The summed E-state index contributed by atoms with van der Waals surface area (Å²) >= 11 is 10.9. The van der Waals surface area contributed by atoms with Gasteiger partial charge in [0.2, 0.25) is 0 Å². The third kappa shape index (κ3) is 2.30. The van der Waals surface area contributed by atoms with Gasteiger partial charge in [-0.2, -0.15) is 0 Å². The highest BCUT2D eigenvalue weighted by molar-refractivity contribution is 9.11. The van der Waals surface area contributed by atoms with Crippen LogP contribution >= 0.6 is 38.9 Å². The molecule has 0 saturated heterocycles. The Labute approximate surface area is 111 Å². The molecule has 0 saturated carbocycles. The second-order valence-corrected chi connectivity index (χ2v) is 6.15. The fraction of sp³-hybridized carbons (Fsp3) is 0.182. The number of thiazole rings is 1. The average molecular weight is 319 g/mol. The molecule has 1 aromatic heterocycles. The molecular formula is C11H9BrClNOS. The highest BCUT2D eigenvalue weighted by Crippen LogP contribution is 2.35. The van der Waals surface area contributed by atoms with Gasteiger partial charge in [0.05, 0.1) is 22.2 Å². The van der Waals surface area contributed by atoms with Crippen LogP contribution in [0.4, 0.5) is 0 Å². The molecule has 0 unspecified atom stereocenters. The molecule has 0 atom stereocenters. The lowest BCUT2D eigenvalue weighted by atomic mass is 10.1. The van der Waals surface area contributed by atoms with Crippen molar-refractivity contribution in [2.24, 2.45) is 0 Å². The molecule has 2 aromatic rings. The van der Waals surface area contributed by atoms with Gasteiger partial charge >= 0.3 is 0 Å². The third-order valence-corrected chi connectivity index (χ3v) is 4.00. The van der Waals surface area contributed by atoms with Crippen LogP contribution in [-0.4, -0.2) is 10.1 Å². The van der Waals surface area contributed by atoms with Crippen molar-refractivity contribution in [1.29, 1.82) is 0 Å². The second kappa shape index (κ2) is 4.84. The summed E-state index contributed by atoms with van der Waals surface area (Å²) in [4.78, 5) is 5.15. The molecule has 1 aromatic carbocycles. The summed E-state index contributed by atoms with van der Waals surface area (Å²) in [5.41, 5.74) is 2.72. The number of halogens is 2. The first-order chi connectivity index (χ1) is 7.61. The number of aliphatic hydroxyl groups is 1. The van der Waals surface area contributed by atoms with Crippen LogP contribution in [0, 0.1) is 6.92 Å². The molecule has 2 rings (SSSR count). The summed E-state index contributed by atoms with van der Waals surface area (Å²) in [6.07, 6.45) is 0. The van der Waals surface area contributed by atoms with Gasteiger partial charge in [-0.1, -0.05) is 23.7 Å². The first-order valence-corrected chi connectivity index (χ1v) is 6.63. The zero-order chi connectivity index (χ0) is 11.7. The molecule has 84 valence electrons. The topological polar surface area (TPSA) is 33.1 Å². The van der Waals surface area contributed by atoms with Crippen molar-refractivity contribution >= 4 is 38.9 Å². The predicted octanol–water partition coefficient (Wildman–Crippen LogP) is 4.03. The molecule has 0 fully saturated rings. The normalized spacial score (nSPS) is 10.8. The van der Waals surface area contributed by atoms with Gasteiger partial charge in [0.15, 0.2) is 3.92 Å². The molecule has 1 N–H and O–H groups in total. The largest absolute Gasteiger partial charge is 0.391 e. The van der Waals surface area contributed by atoms with Gasteiger partial charge in [-0.15, -0.1) is 11.3 Å². The Balaban J connectivity index is 2.57. The van der Waals surface area contributed by atoms with Gasteiger partial charge in [-0.3, -0.25) is 0 Å². The van der Waals surface area contributed by atoms with Crippen LogP contribution < -0.4 is 0 Å². The quantitative estimate of drug-likeness (QED) is 0.907. The Kier molecular flexibility index (Phi) is 3.64. The minimum atomic E-state index is -0.0250. The molecule has 16 heavy (non-hydrogen) atoms. The number of hydrogen-bond acceptors (Lipinski definition) is 3. The third-order valence-electron chi connectivity index (χ3n) is 2.19. The number of rotatable bonds is 2. The van der Waals surface area contributed by atoms with E-state index < -0.39 is 0 Å². The van der Waals surface area contributed by atoms with Crippen molar-refractivity contribution < 1.29 is 5.11 Å². The molecule has 0 spiro atoms. The van der Waals surface area contributed by atoms with Crippen LogP contribution in [0.1, 0.15) is 10.4 Å². The molecule has 2 nitrogen and oxygen atoms in total. The molecule has 1 heterocycles. The van der Waals surface area contributed by atoms with E-state index in [1.165, 1.54) is 11.3 Å². The fourth-order valence-corrected chi connectivity index (χ4v) is 3.20. The number of aliphatic hydroxyl groups excluding tert-OH is 1. The van der Waals surface area contributed by atoms with E-state index in [1.54, 1.807) is 0 Å². The number of aryl methyl sites for hydroxylation is 1. The van der Waals surface area contributed by atoms with Crippen molar-refractivity contribution in [3.63, 3.8) is 0 Å². The van der Waals surface area contributed by atoms with Gasteiger partial charge in [0, 0.05) is 5.56 Å². The average Bonchev–Trinajstić information content (AvgIpc) is 2.59. The monoisotopic (exact) mass is 317 g/mol. The summed E-state index contributed by atoms with van der Waals surface area (Å²) < 4.78 is 0.753. The van der Waals surface area contributed by atoms with E-state index in [0.717, 1.165) is 25.6 Å². The smallest absolute Gasteiger partial charge is 0.160 e. The van der Waals surface area contributed by atoms with E-state index in [0.29, 0.717) is 5.02 Å². The molecule has 0 bridgehead atoms. The molecule has 0 amide bonds. The van der Waals surface area contributed by atoms with Crippen LogP contribution in [0.3, 0.4) is 0 Å². The van der Waals surface area contributed by atoms with Gasteiger partial charge in [-0.25, -0.2) is 4.98 Å². The second-order valence-electron chi connectivity index (χ2n) is 3.38. The van der Waals surface area contributed by atoms with Crippen LogP contribution in [0.2, 0.25) is 5.02 Å². The zero-order valence-electron chi connectivity index (χ0n) is 8.50. The maximum atomic E-state index is 9.25. The summed E-state index contributed by atoms with van der Waals surface area (Å²) in [5.74, 6) is 0. The number of nitrogens with zero attached hydrogens (tertiary/aromatic N) is 1. The van der Waals surface area contributed by atoms with Crippen LogP contribution in [-0.2, 0) is 6.61 Å². The first kappa shape index (κ1) is 12.0. The Hall–Kier alpha value is -0.420. The van der Waals surface area contributed by atoms with Crippen molar-refractivity contribution in [3.8, 4) is 11.3 Å². The maximum absolute atomic E-state index is 9.25. The Morgan fingerprint density at radius 1 is 1.50 bits per heavy atom.